The first-order valence-electron chi connectivity index (χ1n) is 7.41. The summed E-state index contributed by atoms with van der Waals surface area (Å²) in [5.74, 6) is 0.717. The van der Waals surface area contributed by atoms with Crippen molar-refractivity contribution in [3.63, 3.8) is 0 Å². The lowest BCUT2D eigenvalue weighted by atomic mass is 9.83. The minimum absolute atomic E-state index is 0.398. The van der Waals surface area contributed by atoms with Crippen LogP contribution >= 0.6 is 0 Å². The summed E-state index contributed by atoms with van der Waals surface area (Å²) in [6.45, 7) is 3.95. The number of rotatable bonds is 8. The molecule has 0 bridgehead atoms. The molecule has 0 radical (unpaired) electrons. The fourth-order valence-corrected chi connectivity index (χ4v) is 3.71. The van der Waals surface area contributed by atoms with Gasteiger partial charge < -0.3 is 5.32 Å². The van der Waals surface area contributed by atoms with Crippen molar-refractivity contribution >= 4 is 10.0 Å². The van der Waals surface area contributed by atoms with E-state index in [-0.39, 0.29) is 0 Å². The molecule has 4 nitrogen and oxygen atoms in total. The summed E-state index contributed by atoms with van der Waals surface area (Å²) in [6.07, 6.45) is 4.75. The number of hydrogen-bond donors (Lipinski definition) is 2. The van der Waals surface area contributed by atoms with Gasteiger partial charge in [-0.05, 0) is 30.5 Å². The van der Waals surface area contributed by atoms with Crippen molar-refractivity contribution < 1.29 is 8.42 Å². The summed E-state index contributed by atoms with van der Waals surface area (Å²) < 4.78 is 27.5. The second-order valence-electron chi connectivity index (χ2n) is 5.37. The van der Waals surface area contributed by atoms with E-state index in [1.54, 1.807) is 12.1 Å². The van der Waals surface area contributed by atoms with Gasteiger partial charge in [0.2, 0.25) is 10.0 Å². The molecule has 20 heavy (non-hydrogen) atoms. The third-order valence-electron chi connectivity index (χ3n) is 3.90. The SMILES string of the molecule is CCNCc1ccccc1S(=O)(=O)NCCC1CCC1. The Hall–Kier alpha value is -0.910. The number of nitrogens with one attached hydrogen (secondary N) is 2. The molecule has 1 aromatic carbocycles. The van der Waals surface area contributed by atoms with E-state index in [9.17, 15) is 8.42 Å². The van der Waals surface area contributed by atoms with Crippen LogP contribution in [0.15, 0.2) is 29.2 Å². The number of benzene rings is 1. The summed E-state index contributed by atoms with van der Waals surface area (Å²) in [7, 11) is -3.39. The first kappa shape index (κ1) is 15.5. The first-order valence-corrected chi connectivity index (χ1v) is 8.90. The van der Waals surface area contributed by atoms with E-state index >= 15 is 0 Å². The predicted octanol–water partition coefficient (Wildman–Crippen LogP) is 2.26. The molecule has 0 amide bonds. The molecule has 0 aliphatic heterocycles. The lowest BCUT2D eigenvalue weighted by Gasteiger charge is -2.25. The van der Waals surface area contributed by atoms with Crippen LogP contribution in [0.4, 0.5) is 0 Å². The zero-order chi connectivity index (χ0) is 14.4. The molecule has 1 fully saturated rings. The third kappa shape index (κ3) is 4.04. The minimum atomic E-state index is -3.39. The van der Waals surface area contributed by atoms with Crippen LogP contribution in [0.1, 0.15) is 38.2 Å². The van der Waals surface area contributed by atoms with Gasteiger partial charge in [0.25, 0.3) is 0 Å². The highest BCUT2D eigenvalue weighted by molar-refractivity contribution is 7.89. The minimum Gasteiger partial charge on any atom is -0.313 e. The molecule has 0 saturated heterocycles. The Morgan fingerprint density at radius 2 is 2.00 bits per heavy atom. The van der Waals surface area contributed by atoms with Gasteiger partial charge in [0.15, 0.2) is 0 Å². The maximum absolute atomic E-state index is 12.4. The first-order chi connectivity index (χ1) is 9.63. The second-order valence-corrected chi connectivity index (χ2v) is 7.11. The molecule has 1 saturated carbocycles. The van der Waals surface area contributed by atoms with Gasteiger partial charge in [0.05, 0.1) is 4.90 Å². The molecule has 5 heteroatoms. The molecular formula is C15H24N2O2S. The van der Waals surface area contributed by atoms with Crippen molar-refractivity contribution in [1.29, 1.82) is 0 Å². The van der Waals surface area contributed by atoms with Crippen molar-refractivity contribution in [3.8, 4) is 0 Å². The molecule has 112 valence electrons. The molecule has 0 aromatic heterocycles. The van der Waals surface area contributed by atoms with Gasteiger partial charge in [-0.25, -0.2) is 13.1 Å². The summed E-state index contributed by atoms with van der Waals surface area (Å²) in [4.78, 5) is 0.398. The van der Waals surface area contributed by atoms with Gasteiger partial charge in [-0.2, -0.15) is 0 Å². The normalized spacial score (nSPS) is 16.1. The molecule has 1 aromatic rings. The fraction of sp³-hybridized carbons (Fsp3) is 0.600. The molecule has 0 heterocycles. The molecular weight excluding hydrogens is 272 g/mol. The Balaban J connectivity index is 1.99. The van der Waals surface area contributed by atoms with Gasteiger partial charge in [0.1, 0.15) is 0 Å². The molecule has 0 unspecified atom stereocenters. The van der Waals surface area contributed by atoms with Gasteiger partial charge in [0, 0.05) is 13.1 Å². The van der Waals surface area contributed by atoms with Crippen LogP contribution in [0, 0.1) is 5.92 Å². The highest BCUT2D eigenvalue weighted by atomic mass is 32.2. The Bertz CT molecular complexity index is 524. The van der Waals surface area contributed by atoms with E-state index in [1.807, 2.05) is 19.1 Å². The van der Waals surface area contributed by atoms with Crippen molar-refractivity contribution in [3.05, 3.63) is 29.8 Å². The smallest absolute Gasteiger partial charge is 0.240 e. The molecule has 1 aliphatic carbocycles. The van der Waals surface area contributed by atoms with E-state index in [0.717, 1.165) is 24.4 Å². The highest BCUT2D eigenvalue weighted by Crippen LogP contribution is 2.29. The third-order valence-corrected chi connectivity index (χ3v) is 5.46. The fourth-order valence-electron chi connectivity index (χ4n) is 2.43. The summed E-state index contributed by atoms with van der Waals surface area (Å²) in [6, 6.07) is 7.19. The summed E-state index contributed by atoms with van der Waals surface area (Å²) in [5, 5.41) is 3.18. The number of sulfonamides is 1. The molecule has 1 aliphatic rings. The zero-order valence-electron chi connectivity index (χ0n) is 12.1. The standard InChI is InChI=1S/C15H24N2O2S/c1-2-16-12-14-8-3-4-9-15(14)20(18,19)17-11-10-13-6-5-7-13/h3-4,8-9,13,16-17H,2,5-7,10-12H2,1H3. The average molecular weight is 296 g/mol. The Morgan fingerprint density at radius 1 is 1.25 bits per heavy atom. The maximum atomic E-state index is 12.4. The van der Waals surface area contributed by atoms with Crippen LogP contribution in [0.25, 0.3) is 0 Å². The van der Waals surface area contributed by atoms with E-state index in [4.69, 9.17) is 0 Å². The van der Waals surface area contributed by atoms with Crippen LogP contribution in [0.2, 0.25) is 0 Å². The Labute approximate surface area is 122 Å². The van der Waals surface area contributed by atoms with Crippen LogP contribution in [-0.4, -0.2) is 21.5 Å². The zero-order valence-corrected chi connectivity index (χ0v) is 12.9. The monoisotopic (exact) mass is 296 g/mol. The van der Waals surface area contributed by atoms with Crippen molar-refractivity contribution in [2.24, 2.45) is 5.92 Å². The lowest BCUT2D eigenvalue weighted by molar-refractivity contribution is 0.297. The van der Waals surface area contributed by atoms with Crippen LogP contribution in [-0.2, 0) is 16.6 Å². The summed E-state index contributed by atoms with van der Waals surface area (Å²) in [5.41, 5.74) is 0.825. The van der Waals surface area contributed by atoms with Gasteiger partial charge in [-0.15, -0.1) is 0 Å². The van der Waals surface area contributed by atoms with Crippen LogP contribution in [0.5, 0.6) is 0 Å². The Morgan fingerprint density at radius 3 is 2.65 bits per heavy atom. The number of hydrogen-bond acceptors (Lipinski definition) is 3. The van der Waals surface area contributed by atoms with Crippen molar-refractivity contribution in [1.82, 2.24) is 10.0 Å². The summed E-state index contributed by atoms with van der Waals surface area (Å²) >= 11 is 0. The quantitative estimate of drug-likeness (QED) is 0.773. The van der Waals surface area contributed by atoms with Crippen LogP contribution in [0.3, 0.4) is 0 Å². The van der Waals surface area contributed by atoms with Crippen molar-refractivity contribution in [2.75, 3.05) is 13.1 Å². The average Bonchev–Trinajstić information content (AvgIpc) is 2.39. The maximum Gasteiger partial charge on any atom is 0.240 e. The van der Waals surface area contributed by atoms with E-state index in [2.05, 4.69) is 10.0 Å². The molecule has 2 N–H and O–H groups in total. The molecule has 0 spiro atoms. The molecule has 2 rings (SSSR count). The van der Waals surface area contributed by atoms with E-state index < -0.39 is 10.0 Å². The molecule has 0 atom stereocenters. The largest absolute Gasteiger partial charge is 0.313 e. The van der Waals surface area contributed by atoms with E-state index in [1.165, 1.54) is 19.3 Å². The highest BCUT2D eigenvalue weighted by Gasteiger charge is 2.20. The second kappa shape index (κ2) is 7.20. The topological polar surface area (TPSA) is 58.2 Å². The van der Waals surface area contributed by atoms with Gasteiger partial charge in [-0.1, -0.05) is 44.4 Å². The van der Waals surface area contributed by atoms with Crippen LogP contribution < -0.4 is 10.0 Å². The van der Waals surface area contributed by atoms with Crippen molar-refractivity contribution in [2.45, 2.75) is 44.0 Å². The van der Waals surface area contributed by atoms with E-state index in [0.29, 0.717) is 18.0 Å². The van der Waals surface area contributed by atoms with Gasteiger partial charge >= 0.3 is 0 Å². The lowest BCUT2D eigenvalue weighted by Crippen LogP contribution is -2.29. The predicted molar refractivity (Wildman–Crippen MR) is 81.0 cm³/mol. The van der Waals surface area contributed by atoms with Gasteiger partial charge in [-0.3, -0.25) is 0 Å². The Kier molecular flexibility index (Phi) is 5.57.